The summed E-state index contributed by atoms with van der Waals surface area (Å²) in [5, 5.41) is 27.2. The lowest BCUT2D eigenvalue weighted by atomic mass is 9.98. The van der Waals surface area contributed by atoms with Crippen LogP contribution < -0.4 is 21.3 Å². The van der Waals surface area contributed by atoms with Crippen molar-refractivity contribution < 1.29 is 28.8 Å². The molecule has 330 valence electrons. The predicted molar refractivity (Wildman–Crippen MR) is 251 cm³/mol. The zero-order chi connectivity index (χ0) is 46.5. The fourth-order valence-electron chi connectivity index (χ4n) is 6.46. The van der Waals surface area contributed by atoms with Crippen molar-refractivity contribution in [1.82, 2.24) is 0 Å². The van der Waals surface area contributed by atoms with Crippen LogP contribution in [0.15, 0.2) is 118 Å². The van der Waals surface area contributed by atoms with Crippen molar-refractivity contribution in [2.24, 2.45) is 20.5 Å². The molecular weight excluding hydrogens is 902 g/mol. The Bertz CT molecular complexity index is 2490. The predicted octanol–water partition coefficient (Wildman–Crippen LogP) is 11.5. The first-order chi connectivity index (χ1) is 30.7. The van der Waals surface area contributed by atoms with Crippen LogP contribution in [0, 0.1) is 0 Å². The molecule has 0 aliphatic carbocycles. The van der Waals surface area contributed by atoms with E-state index in [0.717, 1.165) is 0 Å². The number of amides is 4. The number of hydrogen-bond acceptors (Lipinski definition) is 10. The quantitative estimate of drug-likeness (QED) is 0.0382. The second-order valence-corrected chi connectivity index (χ2v) is 15.3. The van der Waals surface area contributed by atoms with Gasteiger partial charge in [0.25, 0.3) is 23.6 Å². The SMILES string of the molecule is CCc1c(NC(=O)C(N=Nc2cccc(C(=O)Nc3ccccc3CCl)c2Cl)C(C)=O)ccc(NC(=O)C(N=Nc2cccc(C(=O)Nc3ccccc3CCl)c2Cl)C(C)=O)c1CC. The van der Waals surface area contributed by atoms with Gasteiger partial charge in [0.2, 0.25) is 12.1 Å². The van der Waals surface area contributed by atoms with Gasteiger partial charge in [-0.25, -0.2) is 0 Å². The van der Waals surface area contributed by atoms with Gasteiger partial charge in [0.1, 0.15) is 11.4 Å². The van der Waals surface area contributed by atoms with Crippen LogP contribution >= 0.6 is 46.4 Å². The summed E-state index contributed by atoms with van der Waals surface area (Å²) in [6.07, 6.45) is 0.786. The highest BCUT2D eigenvalue weighted by atomic mass is 35.5. The number of alkyl halides is 2. The number of benzene rings is 5. The lowest BCUT2D eigenvalue weighted by Crippen LogP contribution is -2.33. The van der Waals surface area contributed by atoms with E-state index < -0.39 is 47.3 Å². The van der Waals surface area contributed by atoms with Crippen LogP contribution in [-0.4, -0.2) is 47.3 Å². The lowest BCUT2D eigenvalue weighted by molar-refractivity contribution is -0.127. The molecule has 2 atom stereocenters. The third kappa shape index (κ3) is 11.8. The van der Waals surface area contributed by atoms with Crippen molar-refractivity contribution in [3.05, 3.63) is 140 Å². The molecule has 0 bridgehead atoms. The first-order valence-electron chi connectivity index (χ1n) is 19.8. The van der Waals surface area contributed by atoms with Crippen LogP contribution in [0.4, 0.5) is 34.1 Å². The summed E-state index contributed by atoms with van der Waals surface area (Å²) in [6, 6.07) is 23.0. The largest absolute Gasteiger partial charge is 0.323 e. The van der Waals surface area contributed by atoms with E-state index in [0.29, 0.717) is 57.8 Å². The number of Topliss-reactive ketones (excluding diaryl/α,β-unsaturated/α-hetero) is 2. The number of azo groups is 2. The van der Waals surface area contributed by atoms with Crippen LogP contribution in [0.5, 0.6) is 0 Å². The zero-order valence-corrected chi connectivity index (χ0v) is 38.0. The van der Waals surface area contributed by atoms with E-state index in [1.54, 1.807) is 60.7 Å². The lowest BCUT2D eigenvalue weighted by Gasteiger charge is -2.20. The number of para-hydroxylation sites is 2. The summed E-state index contributed by atoms with van der Waals surface area (Å²) in [7, 11) is 0. The first kappa shape index (κ1) is 48.7. The molecule has 0 radical (unpaired) electrons. The van der Waals surface area contributed by atoms with Crippen molar-refractivity contribution in [2.75, 3.05) is 21.3 Å². The molecule has 4 N–H and O–H groups in total. The number of ketones is 2. The van der Waals surface area contributed by atoms with Crippen molar-refractivity contribution in [1.29, 1.82) is 0 Å². The maximum Gasteiger partial charge on any atom is 0.258 e. The zero-order valence-electron chi connectivity index (χ0n) is 35.0. The van der Waals surface area contributed by atoms with Gasteiger partial charge in [-0.3, -0.25) is 28.8 Å². The number of carbonyl (C=O) groups is 6. The van der Waals surface area contributed by atoms with E-state index in [9.17, 15) is 28.8 Å². The molecule has 18 heteroatoms. The Balaban J connectivity index is 1.31. The van der Waals surface area contributed by atoms with Gasteiger partial charge in [0.05, 0.1) is 21.2 Å². The summed E-state index contributed by atoms with van der Waals surface area (Å²) in [5.74, 6) is -3.51. The Morgan fingerprint density at radius 3 is 1.22 bits per heavy atom. The van der Waals surface area contributed by atoms with Crippen LogP contribution in [0.3, 0.4) is 0 Å². The molecule has 0 aromatic heterocycles. The molecule has 64 heavy (non-hydrogen) atoms. The average molecular weight is 945 g/mol. The molecule has 5 rings (SSSR count). The Hall–Kier alpha value is -6.32. The van der Waals surface area contributed by atoms with Crippen LogP contribution in [-0.2, 0) is 43.8 Å². The molecule has 0 aliphatic rings. The van der Waals surface area contributed by atoms with Gasteiger partial charge in [-0.1, -0.05) is 85.6 Å². The Morgan fingerprint density at radius 2 is 0.875 bits per heavy atom. The molecule has 0 saturated heterocycles. The summed E-state index contributed by atoms with van der Waals surface area (Å²) in [5.41, 5.74) is 4.68. The maximum atomic E-state index is 13.6. The summed E-state index contributed by atoms with van der Waals surface area (Å²) in [4.78, 5) is 79.0. The molecule has 5 aromatic carbocycles. The second-order valence-electron chi connectivity index (χ2n) is 14.0. The standard InChI is InChI=1S/C46H42Cl4N8O6/c1-5-29-30(6-2)36(54-46(64)42(26(4)60)58-56-38-20-12-16-32(40(38)50)44(62)52-34-18-10-8-14-28(34)24-48)22-21-35(29)53-45(63)41(25(3)59)57-55-37-19-11-15-31(39(37)49)43(61)51-33-17-9-7-13-27(33)23-47/h7-22,41-42H,5-6,23-24H2,1-4H3,(H,51,61)(H,52,62)(H,53,63)(H,54,64). The number of carbonyl (C=O) groups excluding carboxylic acids is 6. The minimum Gasteiger partial charge on any atom is -0.323 e. The minimum atomic E-state index is -1.59. The summed E-state index contributed by atoms with van der Waals surface area (Å²) < 4.78 is 0. The van der Waals surface area contributed by atoms with E-state index in [4.69, 9.17) is 46.4 Å². The third-order valence-electron chi connectivity index (χ3n) is 9.75. The van der Waals surface area contributed by atoms with E-state index >= 15 is 0 Å². The van der Waals surface area contributed by atoms with Gasteiger partial charge in [-0.05, 0) is 97.5 Å². The molecule has 2 unspecified atom stereocenters. The smallest absolute Gasteiger partial charge is 0.258 e. The number of halogens is 4. The fourth-order valence-corrected chi connectivity index (χ4v) is 7.42. The van der Waals surface area contributed by atoms with Crippen molar-refractivity contribution in [3.8, 4) is 0 Å². The Kier molecular flexibility index (Phi) is 17.4. The Morgan fingerprint density at radius 1 is 0.500 bits per heavy atom. The monoisotopic (exact) mass is 942 g/mol. The summed E-state index contributed by atoms with van der Waals surface area (Å²) >= 11 is 25.2. The van der Waals surface area contributed by atoms with Gasteiger partial charge < -0.3 is 21.3 Å². The first-order valence-corrected chi connectivity index (χ1v) is 21.6. The van der Waals surface area contributed by atoms with Crippen LogP contribution in [0.2, 0.25) is 10.0 Å². The Labute approximate surface area is 389 Å². The van der Waals surface area contributed by atoms with Crippen molar-refractivity contribution >= 4 is 116 Å². The molecule has 0 fully saturated rings. The van der Waals surface area contributed by atoms with E-state index in [-0.39, 0.29) is 44.3 Å². The molecule has 4 amide bonds. The van der Waals surface area contributed by atoms with Crippen LogP contribution in [0.1, 0.15) is 70.7 Å². The highest BCUT2D eigenvalue weighted by Gasteiger charge is 2.28. The molecule has 0 spiro atoms. The minimum absolute atomic E-state index is 0.0503. The molecule has 5 aromatic rings. The van der Waals surface area contributed by atoms with Crippen molar-refractivity contribution in [2.45, 2.75) is 64.4 Å². The van der Waals surface area contributed by atoms with Gasteiger partial charge in [-0.2, -0.15) is 20.5 Å². The molecular formula is C46H42Cl4N8O6. The number of hydrogen-bond donors (Lipinski definition) is 4. The molecule has 0 heterocycles. The van der Waals surface area contributed by atoms with Gasteiger partial charge in [0, 0.05) is 34.5 Å². The number of nitrogens with one attached hydrogen (secondary N) is 4. The van der Waals surface area contributed by atoms with Gasteiger partial charge in [-0.15, -0.1) is 23.2 Å². The normalized spacial score (nSPS) is 12.1. The molecule has 14 nitrogen and oxygen atoms in total. The van der Waals surface area contributed by atoms with Crippen molar-refractivity contribution in [3.63, 3.8) is 0 Å². The van der Waals surface area contributed by atoms with Crippen LogP contribution in [0.25, 0.3) is 0 Å². The highest BCUT2D eigenvalue weighted by Crippen LogP contribution is 2.33. The molecule has 0 aliphatic heterocycles. The number of nitrogens with zero attached hydrogens (tertiary/aromatic N) is 4. The van der Waals surface area contributed by atoms with E-state index in [1.807, 2.05) is 13.8 Å². The number of rotatable bonds is 18. The highest BCUT2D eigenvalue weighted by molar-refractivity contribution is 6.37. The number of anilines is 4. The molecule has 0 saturated carbocycles. The van der Waals surface area contributed by atoms with Gasteiger partial charge >= 0.3 is 0 Å². The van der Waals surface area contributed by atoms with E-state index in [2.05, 4.69) is 41.7 Å². The van der Waals surface area contributed by atoms with E-state index in [1.165, 1.54) is 50.2 Å². The third-order valence-corrected chi connectivity index (χ3v) is 11.1. The fraction of sp³-hybridized carbons (Fsp3) is 0.217. The second kappa shape index (κ2) is 22.9. The van der Waals surface area contributed by atoms with Gasteiger partial charge in [0.15, 0.2) is 11.6 Å². The maximum absolute atomic E-state index is 13.6. The average Bonchev–Trinajstić information content (AvgIpc) is 3.27. The topological polar surface area (TPSA) is 200 Å². The summed E-state index contributed by atoms with van der Waals surface area (Å²) in [6.45, 7) is 6.07.